The van der Waals surface area contributed by atoms with Crippen molar-refractivity contribution < 1.29 is 13.6 Å². The summed E-state index contributed by atoms with van der Waals surface area (Å²) in [5.74, 6) is -0.330. The molecule has 0 unspecified atom stereocenters. The van der Waals surface area contributed by atoms with E-state index in [1.54, 1.807) is 31.2 Å². The van der Waals surface area contributed by atoms with Crippen LogP contribution in [0, 0.1) is 12.7 Å². The first-order valence-electron chi connectivity index (χ1n) is 5.23. The van der Waals surface area contributed by atoms with Gasteiger partial charge in [-0.15, -0.1) is 0 Å². The van der Waals surface area contributed by atoms with Crippen LogP contribution in [0.2, 0.25) is 0 Å². The average Bonchev–Trinajstić information content (AvgIpc) is 2.84. The molecule has 3 nitrogen and oxygen atoms in total. The van der Waals surface area contributed by atoms with Gasteiger partial charge in [0.25, 0.3) is 5.91 Å². The number of aryl methyl sites for hydroxylation is 1. The van der Waals surface area contributed by atoms with Gasteiger partial charge in [-0.2, -0.15) is 0 Å². The van der Waals surface area contributed by atoms with E-state index in [4.69, 9.17) is 4.42 Å². The lowest BCUT2D eigenvalue weighted by Gasteiger charge is -2.04. The van der Waals surface area contributed by atoms with Gasteiger partial charge in [-0.1, -0.05) is 12.1 Å². The standard InChI is InChI=1S/C13H12FNO2/c1-9-4-5-10(7-11(9)14)8-15-13(16)12-3-2-6-17-12/h2-7H,8H2,1H3,(H,15,16). The third kappa shape index (κ3) is 2.72. The van der Waals surface area contributed by atoms with Crippen molar-refractivity contribution in [2.75, 3.05) is 0 Å². The van der Waals surface area contributed by atoms with Crippen LogP contribution in [-0.4, -0.2) is 5.91 Å². The summed E-state index contributed by atoms with van der Waals surface area (Å²) in [5, 5.41) is 2.65. The van der Waals surface area contributed by atoms with E-state index in [-0.39, 0.29) is 24.0 Å². The van der Waals surface area contributed by atoms with E-state index in [1.165, 1.54) is 12.3 Å². The largest absolute Gasteiger partial charge is 0.459 e. The molecular formula is C13H12FNO2. The van der Waals surface area contributed by atoms with E-state index in [1.807, 2.05) is 0 Å². The molecule has 0 aliphatic carbocycles. The van der Waals surface area contributed by atoms with Gasteiger partial charge in [-0.05, 0) is 36.2 Å². The van der Waals surface area contributed by atoms with Gasteiger partial charge in [0.05, 0.1) is 6.26 Å². The quantitative estimate of drug-likeness (QED) is 0.885. The predicted molar refractivity (Wildman–Crippen MR) is 61.0 cm³/mol. The Kier molecular flexibility index (Phi) is 3.23. The predicted octanol–water partition coefficient (Wildman–Crippen LogP) is 2.66. The third-order valence-corrected chi connectivity index (χ3v) is 2.43. The van der Waals surface area contributed by atoms with Gasteiger partial charge in [0.15, 0.2) is 5.76 Å². The monoisotopic (exact) mass is 233 g/mol. The molecular weight excluding hydrogens is 221 g/mol. The summed E-state index contributed by atoms with van der Waals surface area (Å²) in [6.45, 7) is 1.97. The molecule has 88 valence electrons. The first kappa shape index (κ1) is 11.4. The summed E-state index contributed by atoms with van der Waals surface area (Å²) in [5.41, 5.74) is 1.30. The van der Waals surface area contributed by atoms with Gasteiger partial charge in [0.2, 0.25) is 0 Å². The van der Waals surface area contributed by atoms with Crippen LogP contribution in [0.4, 0.5) is 4.39 Å². The van der Waals surface area contributed by atoms with Gasteiger partial charge in [-0.25, -0.2) is 4.39 Å². The lowest BCUT2D eigenvalue weighted by molar-refractivity contribution is 0.0923. The van der Waals surface area contributed by atoms with Gasteiger partial charge < -0.3 is 9.73 Å². The molecule has 2 aromatic rings. The van der Waals surface area contributed by atoms with Gasteiger partial charge in [0.1, 0.15) is 5.82 Å². The van der Waals surface area contributed by atoms with E-state index in [0.29, 0.717) is 11.1 Å². The lowest BCUT2D eigenvalue weighted by atomic mass is 10.1. The van der Waals surface area contributed by atoms with Crippen LogP contribution >= 0.6 is 0 Å². The van der Waals surface area contributed by atoms with Crippen molar-refractivity contribution in [2.45, 2.75) is 13.5 Å². The first-order chi connectivity index (χ1) is 8.16. The maximum atomic E-state index is 13.2. The van der Waals surface area contributed by atoms with Crippen molar-refractivity contribution in [2.24, 2.45) is 0 Å². The molecule has 1 heterocycles. The molecule has 0 aliphatic rings. The lowest BCUT2D eigenvalue weighted by Crippen LogP contribution is -2.22. The molecule has 0 aliphatic heterocycles. The van der Waals surface area contributed by atoms with Crippen molar-refractivity contribution in [1.82, 2.24) is 5.32 Å². The van der Waals surface area contributed by atoms with E-state index in [0.717, 1.165) is 0 Å². The van der Waals surface area contributed by atoms with E-state index < -0.39 is 0 Å². The Morgan fingerprint density at radius 2 is 2.24 bits per heavy atom. The number of carbonyl (C=O) groups excluding carboxylic acids is 1. The van der Waals surface area contributed by atoms with Crippen LogP contribution in [0.25, 0.3) is 0 Å². The Morgan fingerprint density at radius 1 is 1.41 bits per heavy atom. The average molecular weight is 233 g/mol. The normalized spacial score (nSPS) is 10.2. The molecule has 0 fully saturated rings. The molecule has 0 radical (unpaired) electrons. The molecule has 1 amide bonds. The van der Waals surface area contributed by atoms with Crippen LogP contribution in [0.3, 0.4) is 0 Å². The summed E-state index contributed by atoms with van der Waals surface area (Å²) in [6.07, 6.45) is 1.43. The highest BCUT2D eigenvalue weighted by Crippen LogP contribution is 2.09. The van der Waals surface area contributed by atoms with Gasteiger partial charge >= 0.3 is 0 Å². The molecule has 0 saturated heterocycles. The fourth-order valence-electron chi connectivity index (χ4n) is 1.42. The number of amides is 1. The Labute approximate surface area is 98.3 Å². The number of carbonyl (C=O) groups is 1. The maximum Gasteiger partial charge on any atom is 0.287 e. The molecule has 1 aromatic heterocycles. The molecule has 0 atom stereocenters. The Balaban J connectivity index is 1.98. The zero-order chi connectivity index (χ0) is 12.3. The highest BCUT2D eigenvalue weighted by molar-refractivity contribution is 5.91. The second kappa shape index (κ2) is 4.82. The van der Waals surface area contributed by atoms with Crippen LogP contribution in [0.15, 0.2) is 41.0 Å². The number of benzene rings is 1. The van der Waals surface area contributed by atoms with E-state index >= 15 is 0 Å². The fourth-order valence-corrected chi connectivity index (χ4v) is 1.42. The van der Waals surface area contributed by atoms with Gasteiger partial charge in [0, 0.05) is 6.54 Å². The van der Waals surface area contributed by atoms with Crippen molar-refractivity contribution >= 4 is 5.91 Å². The van der Waals surface area contributed by atoms with E-state index in [2.05, 4.69) is 5.32 Å². The molecule has 1 N–H and O–H groups in total. The Bertz CT molecular complexity index is 520. The van der Waals surface area contributed by atoms with Crippen molar-refractivity contribution in [3.8, 4) is 0 Å². The van der Waals surface area contributed by atoms with Crippen LogP contribution in [-0.2, 0) is 6.54 Å². The summed E-state index contributed by atoms with van der Waals surface area (Å²) in [6, 6.07) is 8.09. The summed E-state index contributed by atoms with van der Waals surface area (Å²) in [4.78, 5) is 11.5. The number of hydrogen-bond acceptors (Lipinski definition) is 2. The third-order valence-electron chi connectivity index (χ3n) is 2.43. The Morgan fingerprint density at radius 3 is 2.88 bits per heavy atom. The summed E-state index contributed by atoms with van der Waals surface area (Å²) >= 11 is 0. The van der Waals surface area contributed by atoms with E-state index in [9.17, 15) is 9.18 Å². The molecule has 0 saturated carbocycles. The van der Waals surface area contributed by atoms with Crippen molar-refractivity contribution in [1.29, 1.82) is 0 Å². The molecule has 2 rings (SSSR count). The number of furan rings is 1. The highest BCUT2D eigenvalue weighted by atomic mass is 19.1. The van der Waals surface area contributed by atoms with Crippen LogP contribution in [0.1, 0.15) is 21.7 Å². The first-order valence-corrected chi connectivity index (χ1v) is 5.23. The Hall–Kier alpha value is -2.10. The SMILES string of the molecule is Cc1ccc(CNC(=O)c2ccco2)cc1F. The van der Waals surface area contributed by atoms with Crippen LogP contribution in [0.5, 0.6) is 0 Å². The minimum Gasteiger partial charge on any atom is -0.459 e. The van der Waals surface area contributed by atoms with Crippen molar-refractivity contribution in [3.05, 3.63) is 59.3 Å². The molecule has 0 spiro atoms. The zero-order valence-corrected chi connectivity index (χ0v) is 9.37. The molecule has 1 aromatic carbocycles. The maximum absolute atomic E-state index is 13.2. The number of hydrogen-bond donors (Lipinski definition) is 1. The second-order valence-electron chi connectivity index (χ2n) is 3.74. The molecule has 4 heteroatoms. The van der Waals surface area contributed by atoms with Gasteiger partial charge in [-0.3, -0.25) is 4.79 Å². The number of nitrogens with one attached hydrogen (secondary N) is 1. The van der Waals surface area contributed by atoms with Crippen molar-refractivity contribution in [3.63, 3.8) is 0 Å². The smallest absolute Gasteiger partial charge is 0.287 e. The fraction of sp³-hybridized carbons (Fsp3) is 0.154. The number of halogens is 1. The number of rotatable bonds is 3. The molecule has 17 heavy (non-hydrogen) atoms. The highest BCUT2D eigenvalue weighted by Gasteiger charge is 2.07. The minimum absolute atomic E-state index is 0.248. The summed E-state index contributed by atoms with van der Waals surface area (Å²) in [7, 11) is 0. The topological polar surface area (TPSA) is 42.2 Å². The summed E-state index contributed by atoms with van der Waals surface area (Å²) < 4.78 is 18.2. The zero-order valence-electron chi connectivity index (χ0n) is 9.37. The second-order valence-corrected chi connectivity index (χ2v) is 3.74. The minimum atomic E-state index is -0.309. The van der Waals surface area contributed by atoms with Crippen LogP contribution < -0.4 is 5.32 Å². The molecule has 0 bridgehead atoms.